The number of fused-ring (bicyclic) bond motifs is 2. The zero-order valence-electron chi connectivity index (χ0n) is 14.3. The van der Waals surface area contributed by atoms with Crippen LogP contribution < -0.4 is 10.6 Å². The number of rotatable bonds is 4. The van der Waals surface area contributed by atoms with Crippen LogP contribution in [0.5, 0.6) is 0 Å². The first-order valence-corrected chi connectivity index (χ1v) is 9.27. The lowest BCUT2D eigenvalue weighted by atomic mass is 10.2. The number of hydrogen-bond donors (Lipinski definition) is 2. The second-order valence-electron chi connectivity index (χ2n) is 5.86. The lowest BCUT2D eigenvalue weighted by Gasteiger charge is -2.21. The molecule has 0 aliphatic carbocycles. The molecular weight excluding hydrogens is 344 g/mol. The molecule has 1 aliphatic rings. The minimum absolute atomic E-state index is 0.297. The molecule has 0 spiro atoms. The van der Waals surface area contributed by atoms with Crippen molar-refractivity contribution >= 4 is 40.5 Å². The molecule has 2 N–H and O–H groups in total. The molecule has 26 heavy (non-hydrogen) atoms. The Morgan fingerprint density at radius 3 is 2.50 bits per heavy atom. The summed E-state index contributed by atoms with van der Waals surface area (Å²) in [6, 6.07) is 21.8. The van der Waals surface area contributed by atoms with Gasteiger partial charge in [-0.2, -0.15) is 0 Å². The highest BCUT2D eigenvalue weighted by molar-refractivity contribution is 7.99. The van der Waals surface area contributed by atoms with E-state index in [1.165, 1.54) is 9.79 Å². The van der Waals surface area contributed by atoms with Crippen molar-refractivity contribution in [3.05, 3.63) is 72.3 Å². The van der Waals surface area contributed by atoms with E-state index in [2.05, 4.69) is 34.9 Å². The zero-order chi connectivity index (χ0) is 17.9. The predicted octanol–water partition coefficient (Wildman–Crippen LogP) is 5.82. The fraction of sp³-hybridized carbons (Fsp3) is 0.0952. The molecule has 0 aromatic heterocycles. The standard InChI is InChI=1S/C21H18N2O2S/c1-2-25-21(24)14-7-9-15(10-8-14)22-16-11-12-18-20(13-16)26-19-6-4-3-5-17(19)23-18/h3-13,22-23H,2H2,1H3. The summed E-state index contributed by atoms with van der Waals surface area (Å²) < 4.78 is 5.01. The smallest absolute Gasteiger partial charge is 0.338 e. The molecule has 0 radical (unpaired) electrons. The van der Waals surface area contributed by atoms with Gasteiger partial charge in [-0.25, -0.2) is 4.79 Å². The van der Waals surface area contributed by atoms with Crippen LogP contribution >= 0.6 is 11.8 Å². The Hall–Kier alpha value is -2.92. The summed E-state index contributed by atoms with van der Waals surface area (Å²) in [6.45, 7) is 2.18. The van der Waals surface area contributed by atoms with Crippen LogP contribution in [0.15, 0.2) is 76.5 Å². The normalized spacial score (nSPS) is 11.7. The van der Waals surface area contributed by atoms with Gasteiger partial charge in [-0.05, 0) is 61.5 Å². The number of anilines is 4. The van der Waals surface area contributed by atoms with Crippen LogP contribution in [0.1, 0.15) is 17.3 Å². The van der Waals surface area contributed by atoms with Crippen molar-refractivity contribution in [2.75, 3.05) is 17.2 Å². The van der Waals surface area contributed by atoms with Gasteiger partial charge in [0.25, 0.3) is 0 Å². The molecule has 0 atom stereocenters. The first-order valence-electron chi connectivity index (χ1n) is 8.45. The van der Waals surface area contributed by atoms with Crippen LogP contribution in [0.2, 0.25) is 0 Å². The molecule has 0 unspecified atom stereocenters. The summed E-state index contributed by atoms with van der Waals surface area (Å²) in [6.07, 6.45) is 0. The van der Waals surface area contributed by atoms with Gasteiger partial charge in [-0.15, -0.1) is 0 Å². The molecule has 5 heteroatoms. The van der Waals surface area contributed by atoms with Crippen LogP contribution in [0.3, 0.4) is 0 Å². The van der Waals surface area contributed by atoms with E-state index in [0.29, 0.717) is 12.2 Å². The number of ether oxygens (including phenoxy) is 1. The Balaban J connectivity index is 1.51. The molecule has 130 valence electrons. The maximum absolute atomic E-state index is 11.7. The van der Waals surface area contributed by atoms with Crippen LogP contribution in [-0.4, -0.2) is 12.6 Å². The molecule has 4 nitrogen and oxygen atoms in total. The number of hydrogen-bond acceptors (Lipinski definition) is 5. The van der Waals surface area contributed by atoms with Crippen LogP contribution in [0.4, 0.5) is 22.7 Å². The zero-order valence-corrected chi connectivity index (χ0v) is 15.1. The minimum atomic E-state index is -0.297. The van der Waals surface area contributed by atoms with Gasteiger partial charge in [0, 0.05) is 21.2 Å². The molecule has 0 saturated carbocycles. The third-order valence-corrected chi connectivity index (χ3v) is 5.18. The van der Waals surface area contributed by atoms with Gasteiger partial charge in [0.05, 0.1) is 23.5 Å². The van der Waals surface area contributed by atoms with Crippen molar-refractivity contribution < 1.29 is 9.53 Å². The van der Waals surface area contributed by atoms with E-state index in [4.69, 9.17) is 4.74 Å². The highest BCUT2D eigenvalue weighted by Crippen LogP contribution is 2.45. The first-order chi connectivity index (χ1) is 12.7. The van der Waals surface area contributed by atoms with E-state index >= 15 is 0 Å². The summed E-state index contributed by atoms with van der Waals surface area (Å²) >= 11 is 1.76. The lowest BCUT2D eigenvalue weighted by molar-refractivity contribution is 0.0526. The van der Waals surface area contributed by atoms with Crippen molar-refractivity contribution in [1.29, 1.82) is 0 Å². The van der Waals surface area contributed by atoms with Gasteiger partial charge in [0.2, 0.25) is 0 Å². The van der Waals surface area contributed by atoms with Crippen LogP contribution in [-0.2, 0) is 4.74 Å². The fourth-order valence-corrected chi connectivity index (χ4v) is 3.81. The maximum atomic E-state index is 11.7. The van der Waals surface area contributed by atoms with Gasteiger partial charge in [0.1, 0.15) is 0 Å². The quantitative estimate of drug-likeness (QED) is 0.448. The number of carbonyl (C=O) groups is 1. The number of benzene rings is 3. The average molecular weight is 362 g/mol. The number of nitrogens with one attached hydrogen (secondary N) is 2. The molecule has 0 fully saturated rings. The monoisotopic (exact) mass is 362 g/mol. The Kier molecular flexibility index (Phi) is 4.54. The molecule has 0 saturated heterocycles. The molecule has 0 bridgehead atoms. The molecule has 0 amide bonds. The number of esters is 1. The lowest BCUT2D eigenvalue weighted by Crippen LogP contribution is -2.04. The largest absolute Gasteiger partial charge is 0.462 e. The van der Waals surface area contributed by atoms with Crippen molar-refractivity contribution in [1.82, 2.24) is 0 Å². The molecule has 1 aliphatic heterocycles. The van der Waals surface area contributed by atoms with Crippen molar-refractivity contribution in [2.45, 2.75) is 16.7 Å². The molecule has 4 rings (SSSR count). The molecule has 3 aromatic rings. The SMILES string of the molecule is CCOC(=O)c1ccc(Nc2ccc3c(c2)Sc2ccccc2N3)cc1. The first kappa shape index (κ1) is 16.5. The second kappa shape index (κ2) is 7.14. The third kappa shape index (κ3) is 3.39. The molecule has 3 aromatic carbocycles. The third-order valence-electron chi connectivity index (χ3n) is 4.04. The number of carbonyl (C=O) groups excluding carboxylic acids is 1. The van der Waals surface area contributed by atoms with Crippen LogP contribution in [0.25, 0.3) is 0 Å². The minimum Gasteiger partial charge on any atom is -0.462 e. The summed E-state index contributed by atoms with van der Waals surface area (Å²) in [5, 5.41) is 6.85. The van der Waals surface area contributed by atoms with E-state index in [1.807, 2.05) is 30.3 Å². The topological polar surface area (TPSA) is 50.4 Å². The Bertz CT molecular complexity index is 954. The Morgan fingerprint density at radius 1 is 0.962 bits per heavy atom. The van der Waals surface area contributed by atoms with Gasteiger partial charge in [-0.1, -0.05) is 23.9 Å². The maximum Gasteiger partial charge on any atom is 0.338 e. The van der Waals surface area contributed by atoms with E-state index in [1.54, 1.807) is 30.8 Å². The molecular formula is C21H18N2O2S. The van der Waals surface area contributed by atoms with Crippen molar-refractivity contribution in [3.63, 3.8) is 0 Å². The highest BCUT2D eigenvalue weighted by atomic mass is 32.2. The van der Waals surface area contributed by atoms with Gasteiger partial charge < -0.3 is 15.4 Å². The summed E-state index contributed by atoms with van der Waals surface area (Å²) in [5.41, 5.74) is 4.73. The Labute approximate surface area is 156 Å². The van der Waals surface area contributed by atoms with E-state index in [9.17, 15) is 4.79 Å². The summed E-state index contributed by atoms with van der Waals surface area (Å²) in [7, 11) is 0. The number of para-hydroxylation sites is 1. The van der Waals surface area contributed by atoms with Crippen molar-refractivity contribution in [2.24, 2.45) is 0 Å². The van der Waals surface area contributed by atoms with Crippen molar-refractivity contribution in [3.8, 4) is 0 Å². The van der Waals surface area contributed by atoms with Gasteiger partial charge >= 0.3 is 5.97 Å². The summed E-state index contributed by atoms with van der Waals surface area (Å²) in [5.74, 6) is -0.297. The predicted molar refractivity (Wildman–Crippen MR) is 106 cm³/mol. The van der Waals surface area contributed by atoms with E-state index in [-0.39, 0.29) is 5.97 Å². The average Bonchev–Trinajstić information content (AvgIpc) is 2.67. The van der Waals surface area contributed by atoms with Crippen LogP contribution in [0, 0.1) is 0 Å². The fourth-order valence-electron chi connectivity index (χ4n) is 2.78. The van der Waals surface area contributed by atoms with E-state index in [0.717, 1.165) is 22.7 Å². The highest BCUT2D eigenvalue weighted by Gasteiger charge is 2.15. The van der Waals surface area contributed by atoms with E-state index < -0.39 is 0 Å². The summed E-state index contributed by atoms with van der Waals surface area (Å²) in [4.78, 5) is 14.1. The van der Waals surface area contributed by atoms with Gasteiger partial charge in [0.15, 0.2) is 0 Å². The molecule has 1 heterocycles. The second-order valence-corrected chi connectivity index (χ2v) is 6.94. The Morgan fingerprint density at radius 2 is 1.69 bits per heavy atom. The van der Waals surface area contributed by atoms with Gasteiger partial charge in [-0.3, -0.25) is 0 Å².